The van der Waals surface area contributed by atoms with Gasteiger partial charge in [0.1, 0.15) is 0 Å². The molecule has 104 valence electrons. The van der Waals surface area contributed by atoms with Crippen LogP contribution in [0.1, 0.15) is 11.1 Å². The van der Waals surface area contributed by atoms with Gasteiger partial charge in [-0.25, -0.2) is 4.98 Å². The fourth-order valence-electron chi connectivity index (χ4n) is 2.70. The van der Waals surface area contributed by atoms with Gasteiger partial charge in [-0.2, -0.15) is 0 Å². The molecule has 2 heterocycles. The van der Waals surface area contributed by atoms with E-state index in [0.717, 1.165) is 32.9 Å². The third-order valence-corrected chi connectivity index (χ3v) is 5.94. The Morgan fingerprint density at radius 2 is 2.05 bits per heavy atom. The number of aryl methyl sites for hydroxylation is 1. The van der Waals surface area contributed by atoms with E-state index in [2.05, 4.69) is 65.9 Å². The third kappa shape index (κ3) is 2.26. The number of rotatable bonds is 0. The average Bonchev–Trinajstić information content (AvgIpc) is 2.48. The molecule has 3 aromatic rings. The molecular weight excluding hydrogens is 413 g/mol. The number of halogens is 2. The zero-order valence-electron chi connectivity index (χ0n) is 11.3. The van der Waals surface area contributed by atoms with Crippen molar-refractivity contribution in [1.82, 2.24) is 4.98 Å². The minimum absolute atomic E-state index is 0.855. The molecule has 0 spiro atoms. The number of fused-ring (bicyclic) bond motifs is 4. The molecular formula is C17H11ClINS. The predicted octanol–water partition coefficient (Wildman–Crippen LogP) is 6.07. The first-order valence-electron chi connectivity index (χ1n) is 6.65. The van der Waals surface area contributed by atoms with Crippen LogP contribution in [0.15, 0.2) is 41.3 Å². The molecule has 0 N–H and O–H groups in total. The highest BCUT2D eigenvalue weighted by molar-refractivity contribution is 14.1. The van der Waals surface area contributed by atoms with Crippen molar-refractivity contribution in [3.8, 4) is 11.3 Å². The minimum atomic E-state index is 0.855. The van der Waals surface area contributed by atoms with Crippen molar-refractivity contribution in [3.63, 3.8) is 0 Å². The molecule has 0 aliphatic carbocycles. The number of hydrogen-bond donors (Lipinski definition) is 0. The molecule has 1 aliphatic rings. The van der Waals surface area contributed by atoms with Gasteiger partial charge in [0.2, 0.25) is 0 Å². The Balaban J connectivity index is 2.08. The van der Waals surface area contributed by atoms with Crippen LogP contribution < -0.4 is 0 Å². The molecule has 2 aromatic carbocycles. The summed E-state index contributed by atoms with van der Waals surface area (Å²) in [6, 6.07) is 12.8. The lowest BCUT2D eigenvalue weighted by molar-refractivity contribution is 1.23. The lowest BCUT2D eigenvalue weighted by Gasteiger charge is -2.21. The van der Waals surface area contributed by atoms with Gasteiger partial charge in [0.15, 0.2) is 0 Å². The van der Waals surface area contributed by atoms with Gasteiger partial charge >= 0.3 is 0 Å². The van der Waals surface area contributed by atoms with E-state index in [4.69, 9.17) is 16.6 Å². The number of pyridine rings is 1. The van der Waals surface area contributed by atoms with E-state index in [9.17, 15) is 0 Å². The molecule has 1 aromatic heterocycles. The summed E-state index contributed by atoms with van der Waals surface area (Å²) in [7, 11) is 0. The Morgan fingerprint density at radius 3 is 2.90 bits per heavy atom. The highest BCUT2D eigenvalue weighted by Crippen LogP contribution is 2.45. The van der Waals surface area contributed by atoms with Crippen molar-refractivity contribution in [2.45, 2.75) is 17.6 Å². The summed E-state index contributed by atoms with van der Waals surface area (Å²) in [4.78, 5) is 6.19. The summed E-state index contributed by atoms with van der Waals surface area (Å²) < 4.78 is 1.18. The van der Waals surface area contributed by atoms with Crippen LogP contribution in [-0.2, 0) is 5.75 Å². The van der Waals surface area contributed by atoms with Crippen LogP contribution in [0.25, 0.3) is 22.2 Å². The molecule has 0 atom stereocenters. The fourth-order valence-corrected chi connectivity index (χ4v) is 4.63. The van der Waals surface area contributed by atoms with Crippen LogP contribution in [0, 0.1) is 10.5 Å². The Labute approximate surface area is 146 Å². The van der Waals surface area contributed by atoms with Crippen LogP contribution in [-0.4, -0.2) is 4.98 Å². The van der Waals surface area contributed by atoms with Crippen LogP contribution >= 0.6 is 46.0 Å². The van der Waals surface area contributed by atoms with Crippen LogP contribution in [0.4, 0.5) is 0 Å². The number of benzene rings is 2. The molecule has 0 fully saturated rings. The van der Waals surface area contributed by atoms with Gasteiger partial charge < -0.3 is 0 Å². The first kappa shape index (κ1) is 13.9. The Morgan fingerprint density at radius 1 is 1.19 bits per heavy atom. The molecule has 1 nitrogen and oxygen atoms in total. The van der Waals surface area contributed by atoms with E-state index in [1.807, 2.05) is 11.8 Å². The summed E-state index contributed by atoms with van der Waals surface area (Å²) in [5, 5.41) is 1.91. The highest BCUT2D eigenvalue weighted by Gasteiger charge is 2.22. The SMILES string of the molecule is Cc1ccc2c(c1)-c1nc3ccc(I)cc3c(Cl)c1CS2. The van der Waals surface area contributed by atoms with Crippen molar-refractivity contribution < 1.29 is 0 Å². The second-order valence-electron chi connectivity index (χ2n) is 5.20. The zero-order chi connectivity index (χ0) is 14.6. The lowest BCUT2D eigenvalue weighted by atomic mass is 10.0. The average molecular weight is 424 g/mol. The molecule has 4 rings (SSSR count). The standard InChI is InChI=1S/C17H11ClINS/c1-9-2-5-15-12(6-9)17-13(8-21-15)16(18)11-7-10(19)3-4-14(11)20-17/h2-7H,8H2,1H3. The van der Waals surface area contributed by atoms with Gasteiger partial charge in [-0.05, 0) is 59.8 Å². The van der Waals surface area contributed by atoms with Gasteiger partial charge in [0, 0.05) is 30.7 Å². The fraction of sp³-hybridized carbons (Fsp3) is 0.118. The molecule has 4 heteroatoms. The summed E-state index contributed by atoms with van der Waals surface area (Å²) in [6.07, 6.45) is 0. The van der Waals surface area contributed by atoms with E-state index in [0.29, 0.717) is 0 Å². The number of nitrogens with zero attached hydrogens (tertiary/aromatic N) is 1. The van der Waals surface area contributed by atoms with E-state index in [1.54, 1.807) is 0 Å². The second-order valence-corrected chi connectivity index (χ2v) is 7.84. The monoisotopic (exact) mass is 423 g/mol. The molecule has 0 unspecified atom stereocenters. The maximum Gasteiger partial charge on any atom is 0.0776 e. The van der Waals surface area contributed by atoms with Crippen molar-refractivity contribution in [1.29, 1.82) is 0 Å². The summed E-state index contributed by atoms with van der Waals surface area (Å²) >= 11 is 10.8. The number of thioether (sulfide) groups is 1. The zero-order valence-corrected chi connectivity index (χ0v) is 15.0. The molecule has 0 saturated carbocycles. The molecule has 0 amide bonds. The van der Waals surface area contributed by atoms with Gasteiger partial charge in [0.05, 0.1) is 16.2 Å². The van der Waals surface area contributed by atoms with Crippen LogP contribution in [0.3, 0.4) is 0 Å². The Hall–Kier alpha value is -0.780. The van der Waals surface area contributed by atoms with E-state index >= 15 is 0 Å². The quantitative estimate of drug-likeness (QED) is 0.407. The summed E-state index contributed by atoms with van der Waals surface area (Å²) in [6.45, 7) is 2.12. The van der Waals surface area contributed by atoms with Crippen LogP contribution in [0.2, 0.25) is 5.02 Å². The van der Waals surface area contributed by atoms with Crippen molar-refractivity contribution in [2.75, 3.05) is 0 Å². The maximum absolute atomic E-state index is 6.68. The van der Waals surface area contributed by atoms with Crippen molar-refractivity contribution in [3.05, 3.63) is 56.1 Å². The van der Waals surface area contributed by atoms with E-state index in [-0.39, 0.29) is 0 Å². The first-order valence-corrected chi connectivity index (χ1v) is 9.09. The maximum atomic E-state index is 6.68. The van der Waals surface area contributed by atoms with Crippen molar-refractivity contribution >= 4 is 56.9 Å². The Kier molecular flexibility index (Phi) is 3.39. The smallest absolute Gasteiger partial charge is 0.0776 e. The van der Waals surface area contributed by atoms with E-state index < -0.39 is 0 Å². The van der Waals surface area contributed by atoms with Gasteiger partial charge in [-0.15, -0.1) is 11.8 Å². The lowest BCUT2D eigenvalue weighted by Crippen LogP contribution is -2.01. The molecule has 1 aliphatic heterocycles. The molecule has 0 saturated heterocycles. The van der Waals surface area contributed by atoms with E-state index in [1.165, 1.54) is 19.6 Å². The normalized spacial score (nSPS) is 13.1. The number of aromatic nitrogens is 1. The highest BCUT2D eigenvalue weighted by atomic mass is 127. The molecule has 0 radical (unpaired) electrons. The summed E-state index contributed by atoms with van der Waals surface area (Å²) in [5.41, 5.74) is 5.64. The number of hydrogen-bond acceptors (Lipinski definition) is 2. The third-order valence-electron chi connectivity index (χ3n) is 3.74. The molecule has 21 heavy (non-hydrogen) atoms. The topological polar surface area (TPSA) is 12.9 Å². The van der Waals surface area contributed by atoms with Crippen LogP contribution in [0.5, 0.6) is 0 Å². The van der Waals surface area contributed by atoms with Crippen molar-refractivity contribution in [2.24, 2.45) is 0 Å². The minimum Gasteiger partial charge on any atom is -0.247 e. The van der Waals surface area contributed by atoms with Gasteiger partial charge in [-0.1, -0.05) is 23.2 Å². The largest absolute Gasteiger partial charge is 0.247 e. The van der Waals surface area contributed by atoms with Gasteiger partial charge in [-0.3, -0.25) is 0 Å². The van der Waals surface area contributed by atoms with Gasteiger partial charge in [0.25, 0.3) is 0 Å². The second kappa shape index (κ2) is 5.14. The first-order chi connectivity index (χ1) is 10.1. The predicted molar refractivity (Wildman–Crippen MR) is 99.2 cm³/mol. The molecule has 0 bridgehead atoms. The summed E-state index contributed by atoms with van der Waals surface area (Å²) in [5.74, 6) is 0.888. The Bertz CT molecular complexity index is 892.